The van der Waals surface area contributed by atoms with E-state index in [1.165, 1.54) is 25.7 Å². The Balaban J connectivity index is 1.68. The van der Waals surface area contributed by atoms with Crippen LogP contribution >= 0.6 is 15.9 Å². The molecule has 4 aliphatic carbocycles. The number of carbonyl (C=O) groups excluding carboxylic acids is 1. The molecule has 2 N–H and O–H groups in total. The molecule has 0 bridgehead atoms. The number of aliphatic hydroxyl groups excluding tert-OH is 2. The van der Waals surface area contributed by atoms with Crippen molar-refractivity contribution in [2.24, 2.45) is 34.5 Å². The van der Waals surface area contributed by atoms with Crippen LogP contribution in [0.3, 0.4) is 0 Å². The SMILES string of the molecule is C[C@]12CC[C@H]3[C@@H](CCC4CC(O)C(=O)C(O)[C@@]43C)[C@@H]1C[C@@H](Br)C2. The van der Waals surface area contributed by atoms with E-state index in [1.54, 1.807) is 0 Å². The molecular weight excluding hydrogens is 356 g/mol. The zero-order valence-corrected chi connectivity index (χ0v) is 15.8. The molecule has 0 radical (unpaired) electrons. The first-order valence-corrected chi connectivity index (χ1v) is 10.2. The summed E-state index contributed by atoms with van der Waals surface area (Å²) in [5, 5.41) is 20.8. The molecule has 3 unspecified atom stereocenters. The number of aliphatic hydroxyl groups is 2. The first-order chi connectivity index (χ1) is 10.8. The van der Waals surface area contributed by atoms with Crippen molar-refractivity contribution in [1.82, 2.24) is 0 Å². The Labute approximate surface area is 147 Å². The van der Waals surface area contributed by atoms with Crippen molar-refractivity contribution >= 4 is 21.7 Å². The molecule has 4 saturated carbocycles. The van der Waals surface area contributed by atoms with E-state index in [0.717, 1.165) is 18.8 Å². The van der Waals surface area contributed by atoms with Crippen LogP contribution < -0.4 is 0 Å². The summed E-state index contributed by atoms with van der Waals surface area (Å²) < 4.78 is 0. The molecule has 0 heterocycles. The third-order valence-corrected chi connectivity index (χ3v) is 9.07. The highest BCUT2D eigenvalue weighted by atomic mass is 79.9. The molecule has 0 spiro atoms. The molecule has 0 aromatic rings. The smallest absolute Gasteiger partial charge is 0.190 e. The van der Waals surface area contributed by atoms with Crippen molar-refractivity contribution in [2.75, 3.05) is 0 Å². The van der Waals surface area contributed by atoms with Gasteiger partial charge in [0.25, 0.3) is 0 Å². The van der Waals surface area contributed by atoms with Crippen LogP contribution in [0, 0.1) is 34.5 Å². The van der Waals surface area contributed by atoms with Crippen LogP contribution in [0.25, 0.3) is 0 Å². The average Bonchev–Trinajstić information content (AvgIpc) is 2.81. The standard InChI is InChI=1S/C19H29BrO3/c1-18-6-5-13-12(14(18)8-11(20)9-18)4-3-10-7-15(21)16(22)17(23)19(10,13)2/h10-15,17,21,23H,3-9H2,1-2H3/t10?,11-,12-,13+,14+,15?,17?,18-,19+/m1/s1. The Morgan fingerprint density at radius 1 is 1.09 bits per heavy atom. The van der Waals surface area contributed by atoms with E-state index in [2.05, 4.69) is 29.8 Å². The molecule has 4 heteroatoms. The summed E-state index contributed by atoms with van der Waals surface area (Å²) in [7, 11) is 0. The van der Waals surface area contributed by atoms with E-state index < -0.39 is 12.2 Å². The maximum absolute atomic E-state index is 12.3. The monoisotopic (exact) mass is 384 g/mol. The fourth-order valence-electron chi connectivity index (χ4n) is 7.11. The van der Waals surface area contributed by atoms with Crippen LogP contribution in [0.2, 0.25) is 0 Å². The van der Waals surface area contributed by atoms with Gasteiger partial charge in [0.2, 0.25) is 0 Å². The van der Waals surface area contributed by atoms with Crippen LogP contribution in [0.1, 0.15) is 58.8 Å². The molecule has 0 amide bonds. The lowest BCUT2D eigenvalue weighted by Crippen LogP contribution is -2.62. The van der Waals surface area contributed by atoms with Crippen LogP contribution in [-0.2, 0) is 4.79 Å². The first kappa shape index (κ1) is 16.5. The summed E-state index contributed by atoms with van der Waals surface area (Å²) in [6, 6.07) is 0. The molecule has 4 rings (SSSR count). The summed E-state index contributed by atoms with van der Waals surface area (Å²) in [5.74, 6) is 1.75. The molecular formula is C19H29BrO3. The lowest BCUT2D eigenvalue weighted by atomic mass is 9.44. The van der Waals surface area contributed by atoms with Gasteiger partial charge in [-0.2, -0.15) is 0 Å². The molecule has 0 aromatic heterocycles. The number of halogens is 1. The molecule has 23 heavy (non-hydrogen) atoms. The normalized spacial score (nSPS) is 59.2. The summed E-state index contributed by atoms with van der Waals surface area (Å²) in [6.45, 7) is 4.60. The second-order valence-electron chi connectivity index (χ2n) is 9.30. The van der Waals surface area contributed by atoms with E-state index >= 15 is 0 Å². The molecule has 4 fully saturated rings. The minimum absolute atomic E-state index is 0.289. The molecule has 130 valence electrons. The van der Waals surface area contributed by atoms with Crippen molar-refractivity contribution in [2.45, 2.75) is 75.8 Å². The quantitative estimate of drug-likeness (QED) is 0.629. The molecule has 4 aliphatic rings. The van der Waals surface area contributed by atoms with Crippen LogP contribution in [-0.4, -0.2) is 33.0 Å². The highest BCUT2D eigenvalue weighted by Gasteiger charge is 2.63. The van der Waals surface area contributed by atoms with Gasteiger partial charge in [-0.15, -0.1) is 0 Å². The van der Waals surface area contributed by atoms with Crippen molar-refractivity contribution < 1.29 is 15.0 Å². The number of Topliss-reactive ketones (excluding diaryl/α,β-unsaturated/α-hetero) is 1. The predicted molar refractivity (Wildman–Crippen MR) is 92.2 cm³/mol. The Morgan fingerprint density at radius 3 is 2.57 bits per heavy atom. The maximum atomic E-state index is 12.3. The predicted octanol–water partition coefficient (Wildman–Crippen LogP) is 3.30. The molecule has 0 aliphatic heterocycles. The number of alkyl halides is 1. The Morgan fingerprint density at radius 2 is 1.83 bits per heavy atom. The summed E-state index contributed by atoms with van der Waals surface area (Å²) in [4.78, 5) is 12.9. The molecule has 9 atom stereocenters. The second kappa shape index (κ2) is 5.28. The molecule has 3 nitrogen and oxygen atoms in total. The topological polar surface area (TPSA) is 57.5 Å². The van der Waals surface area contributed by atoms with Gasteiger partial charge in [0.1, 0.15) is 12.2 Å². The Hall–Kier alpha value is 0.0700. The van der Waals surface area contributed by atoms with Gasteiger partial charge in [0.15, 0.2) is 5.78 Å². The van der Waals surface area contributed by atoms with Gasteiger partial charge < -0.3 is 10.2 Å². The minimum atomic E-state index is -0.977. The van der Waals surface area contributed by atoms with Crippen molar-refractivity contribution in [1.29, 1.82) is 0 Å². The molecule has 0 aromatic carbocycles. The van der Waals surface area contributed by atoms with Gasteiger partial charge in [0.05, 0.1) is 0 Å². The van der Waals surface area contributed by atoms with Gasteiger partial charge in [0, 0.05) is 10.2 Å². The van der Waals surface area contributed by atoms with Gasteiger partial charge >= 0.3 is 0 Å². The Bertz CT molecular complexity index is 523. The minimum Gasteiger partial charge on any atom is -0.385 e. The summed E-state index contributed by atoms with van der Waals surface area (Å²) >= 11 is 3.86. The van der Waals surface area contributed by atoms with Crippen LogP contribution in [0.4, 0.5) is 0 Å². The van der Waals surface area contributed by atoms with Crippen LogP contribution in [0.15, 0.2) is 0 Å². The van der Waals surface area contributed by atoms with Gasteiger partial charge in [-0.3, -0.25) is 4.79 Å². The van der Waals surface area contributed by atoms with Crippen molar-refractivity contribution in [3.63, 3.8) is 0 Å². The lowest BCUT2D eigenvalue weighted by molar-refractivity contribution is -0.186. The third kappa shape index (κ3) is 2.17. The maximum Gasteiger partial charge on any atom is 0.190 e. The van der Waals surface area contributed by atoms with Gasteiger partial charge in [-0.1, -0.05) is 29.8 Å². The number of hydrogen-bond acceptors (Lipinski definition) is 3. The van der Waals surface area contributed by atoms with Crippen LogP contribution in [0.5, 0.6) is 0 Å². The Kier molecular flexibility index (Phi) is 3.80. The van der Waals surface area contributed by atoms with Crippen molar-refractivity contribution in [3.8, 4) is 0 Å². The third-order valence-electron chi connectivity index (χ3n) is 8.37. The van der Waals surface area contributed by atoms with Gasteiger partial charge in [-0.05, 0) is 74.0 Å². The number of hydrogen-bond donors (Lipinski definition) is 2. The van der Waals surface area contributed by atoms with E-state index in [9.17, 15) is 15.0 Å². The fourth-order valence-corrected chi connectivity index (χ4v) is 8.26. The fraction of sp³-hybridized carbons (Fsp3) is 0.947. The number of fused-ring (bicyclic) bond motifs is 5. The largest absolute Gasteiger partial charge is 0.385 e. The van der Waals surface area contributed by atoms with Crippen molar-refractivity contribution in [3.05, 3.63) is 0 Å². The summed E-state index contributed by atoms with van der Waals surface area (Å²) in [5.41, 5.74) is 0.104. The zero-order chi connectivity index (χ0) is 16.6. The van der Waals surface area contributed by atoms with Gasteiger partial charge in [-0.25, -0.2) is 0 Å². The number of rotatable bonds is 0. The highest BCUT2D eigenvalue weighted by molar-refractivity contribution is 9.09. The van der Waals surface area contributed by atoms with E-state index in [-0.39, 0.29) is 17.1 Å². The second-order valence-corrected chi connectivity index (χ2v) is 10.6. The van der Waals surface area contributed by atoms with E-state index in [0.29, 0.717) is 28.5 Å². The first-order valence-electron chi connectivity index (χ1n) is 9.31. The lowest BCUT2D eigenvalue weighted by Gasteiger charge is -2.61. The number of carbonyl (C=O) groups is 1. The van der Waals surface area contributed by atoms with E-state index in [1.807, 2.05) is 0 Å². The zero-order valence-electron chi connectivity index (χ0n) is 14.2. The molecule has 0 saturated heterocycles. The highest BCUT2D eigenvalue weighted by Crippen LogP contribution is 2.66. The number of ketones is 1. The summed E-state index contributed by atoms with van der Waals surface area (Å²) in [6.07, 6.45) is 5.74. The average molecular weight is 385 g/mol. The van der Waals surface area contributed by atoms with E-state index in [4.69, 9.17) is 0 Å².